The van der Waals surface area contributed by atoms with Crippen LogP contribution in [0.15, 0.2) is 12.4 Å². The second-order valence-electron chi connectivity index (χ2n) is 5.36. The van der Waals surface area contributed by atoms with Crippen molar-refractivity contribution in [3.05, 3.63) is 18.2 Å². The Labute approximate surface area is 115 Å². The summed E-state index contributed by atoms with van der Waals surface area (Å²) in [5, 5.41) is 13.5. The first kappa shape index (κ1) is 14.5. The van der Waals surface area contributed by atoms with Crippen LogP contribution in [-0.2, 0) is 13.6 Å². The Morgan fingerprint density at radius 3 is 2.84 bits per heavy atom. The number of imidazole rings is 1. The van der Waals surface area contributed by atoms with E-state index >= 15 is 0 Å². The molecule has 0 amide bonds. The molecular formula is C13H25N5O. The van der Waals surface area contributed by atoms with Crippen molar-refractivity contribution in [3.8, 4) is 0 Å². The molecule has 0 bridgehead atoms. The molecule has 0 spiro atoms. The zero-order chi connectivity index (χ0) is 13.7. The predicted molar refractivity (Wildman–Crippen MR) is 74.9 cm³/mol. The van der Waals surface area contributed by atoms with Gasteiger partial charge in [-0.2, -0.15) is 0 Å². The highest BCUT2D eigenvalue weighted by atomic mass is 16.3. The summed E-state index contributed by atoms with van der Waals surface area (Å²) in [5.41, 5.74) is 0. The van der Waals surface area contributed by atoms with Crippen LogP contribution in [0.4, 0.5) is 0 Å². The fourth-order valence-corrected chi connectivity index (χ4v) is 2.46. The van der Waals surface area contributed by atoms with Crippen molar-refractivity contribution in [2.45, 2.75) is 12.6 Å². The number of hydrogen-bond acceptors (Lipinski definition) is 5. The highest BCUT2D eigenvalue weighted by molar-refractivity contribution is 4.90. The van der Waals surface area contributed by atoms with Crippen LogP contribution in [0.3, 0.4) is 0 Å². The van der Waals surface area contributed by atoms with Gasteiger partial charge in [0.2, 0.25) is 0 Å². The molecule has 19 heavy (non-hydrogen) atoms. The number of nitrogens with one attached hydrogen (secondary N) is 1. The van der Waals surface area contributed by atoms with Crippen LogP contribution in [0.1, 0.15) is 5.82 Å². The first-order valence-corrected chi connectivity index (χ1v) is 6.91. The highest BCUT2D eigenvalue weighted by Crippen LogP contribution is 2.02. The first-order chi connectivity index (χ1) is 9.15. The lowest BCUT2D eigenvalue weighted by Crippen LogP contribution is -2.48. The number of aliphatic hydroxyl groups is 1. The summed E-state index contributed by atoms with van der Waals surface area (Å²) in [5.74, 6) is 1.02. The molecule has 1 aromatic rings. The highest BCUT2D eigenvalue weighted by Gasteiger charge is 2.16. The molecule has 0 saturated carbocycles. The lowest BCUT2D eigenvalue weighted by atomic mass is 10.2. The van der Waals surface area contributed by atoms with Gasteiger partial charge in [0.05, 0.1) is 12.6 Å². The maximum atomic E-state index is 10.1. The number of nitrogens with zero attached hydrogens (tertiary/aromatic N) is 4. The summed E-state index contributed by atoms with van der Waals surface area (Å²) in [4.78, 5) is 8.74. The molecule has 2 N–H and O–H groups in total. The Morgan fingerprint density at radius 2 is 2.21 bits per heavy atom. The van der Waals surface area contributed by atoms with Crippen molar-refractivity contribution in [1.29, 1.82) is 0 Å². The summed E-state index contributed by atoms with van der Waals surface area (Å²) in [7, 11) is 4.02. The van der Waals surface area contributed by atoms with E-state index in [-0.39, 0.29) is 6.10 Å². The molecule has 0 aromatic carbocycles. The van der Waals surface area contributed by atoms with Crippen LogP contribution in [0.2, 0.25) is 0 Å². The number of β-amino-alcohol motifs (C(OH)–C–C–N with tert-alkyl or cyclic N) is 1. The van der Waals surface area contributed by atoms with E-state index in [4.69, 9.17) is 0 Å². The lowest BCUT2D eigenvalue weighted by Gasteiger charge is -2.30. The number of hydrogen-bond donors (Lipinski definition) is 2. The maximum absolute atomic E-state index is 10.1. The predicted octanol–water partition coefficient (Wildman–Crippen LogP) is -0.882. The Hall–Kier alpha value is -0.950. The minimum absolute atomic E-state index is 0.302. The topological polar surface area (TPSA) is 56.6 Å². The van der Waals surface area contributed by atoms with E-state index in [0.717, 1.165) is 45.1 Å². The number of rotatable bonds is 6. The van der Waals surface area contributed by atoms with Gasteiger partial charge in [-0.25, -0.2) is 4.98 Å². The molecule has 1 unspecified atom stereocenters. The van der Waals surface area contributed by atoms with E-state index in [9.17, 15) is 5.11 Å². The van der Waals surface area contributed by atoms with E-state index < -0.39 is 0 Å². The quantitative estimate of drug-likeness (QED) is 0.701. The van der Waals surface area contributed by atoms with Crippen molar-refractivity contribution in [3.63, 3.8) is 0 Å². The van der Waals surface area contributed by atoms with Gasteiger partial charge in [-0.3, -0.25) is 9.80 Å². The standard InChI is InChI=1S/C13H25N5O/c1-16(11-13-15-5-6-17(13)2)9-12(19)10-18-7-3-14-4-8-18/h5-6,12,14,19H,3-4,7-11H2,1-2H3. The van der Waals surface area contributed by atoms with E-state index in [2.05, 4.69) is 20.1 Å². The summed E-state index contributed by atoms with van der Waals surface area (Å²) in [6, 6.07) is 0. The summed E-state index contributed by atoms with van der Waals surface area (Å²) in [6.07, 6.45) is 3.45. The van der Waals surface area contributed by atoms with Crippen LogP contribution >= 0.6 is 0 Å². The number of piperazine rings is 1. The van der Waals surface area contributed by atoms with Crippen molar-refractivity contribution >= 4 is 0 Å². The van der Waals surface area contributed by atoms with Crippen molar-refractivity contribution in [1.82, 2.24) is 24.7 Å². The minimum atomic E-state index is -0.302. The first-order valence-electron chi connectivity index (χ1n) is 6.91. The fraction of sp³-hybridized carbons (Fsp3) is 0.769. The normalized spacial score (nSPS) is 18.9. The van der Waals surface area contributed by atoms with Gasteiger partial charge in [-0.1, -0.05) is 0 Å². The van der Waals surface area contributed by atoms with Crippen LogP contribution in [0.25, 0.3) is 0 Å². The molecule has 1 fully saturated rings. The molecule has 0 radical (unpaired) electrons. The van der Waals surface area contributed by atoms with Gasteiger partial charge < -0.3 is 15.0 Å². The third kappa shape index (κ3) is 4.58. The van der Waals surface area contributed by atoms with Gasteiger partial charge >= 0.3 is 0 Å². The monoisotopic (exact) mass is 267 g/mol. The number of aromatic nitrogens is 2. The average molecular weight is 267 g/mol. The van der Waals surface area contributed by atoms with E-state index in [1.165, 1.54) is 0 Å². The fourth-order valence-electron chi connectivity index (χ4n) is 2.46. The zero-order valence-corrected chi connectivity index (χ0v) is 11.9. The SMILES string of the molecule is CN(Cc1nccn1C)CC(O)CN1CCNCC1. The molecule has 1 atom stereocenters. The van der Waals surface area contributed by atoms with Crippen LogP contribution in [0, 0.1) is 0 Å². The lowest BCUT2D eigenvalue weighted by molar-refractivity contribution is 0.0743. The minimum Gasteiger partial charge on any atom is -0.390 e. The number of aryl methyl sites for hydroxylation is 1. The second kappa shape index (κ2) is 7.00. The molecule has 2 rings (SSSR count). The van der Waals surface area contributed by atoms with Gasteiger partial charge in [-0.15, -0.1) is 0 Å². The Balaban J connectivity index is 1.72. The molecule has 108 valence electrons. The molecule has 1 aliphatic heterocycles. The molecule has 0 aliphatic carbocycles. The van der Waals surface area contributed by atoms with Gasteiger partial charge in [0, 0.05) is 58.7 Å². The summed E-state index contributed by atoms with van der Waals surface area (Å²) >= 11 is 0. The Kier molecular flexibility index (Phi) is 5.33. The average Bonchev–Trinajstić information content (AvgIpc) is 2.76. The third-order valence-corrected chi connectivity index (χ3v) is 3.53. The van der Waals surface area contributed by atoms with E-state index in [1.807, 2.05) is 24.9 Å². The largest absolute Gasteiger partial charge is 0.390 e. The smallest absolute Gasteiger partial charge is 0.122 e. The maximum Gasteiger partial charge on any atom is 0.122 e. The molecule has 6 nitrogen and oxygen atoms in total. The van der Waals surface area contributed by atoms with Crippen LogP contribution in [0.5, 0.6) is 0 Å². The molecule has 1 saturated heterocycles. The van der Waals surface area contributed by atoms with Crippen molar-refractivity contribution in [2.24, 2.45) is 7.05 Å². The molecule has 1 aliphatic rings. The second-order valence-corrected chi connectivity index (χ2v) is 5.36. The molecular weight excluding hydrogens is 242 g/mol. The number of aliphatic hydroxyl groups excluding tert-OH is 1. The Bertz CT molecular complexity index is 375. The Morgan fingerprint density at radius 1 is 1.47 bits per heavy atom. The van der Waals surface area contributed by atoms with Gasteiger partial charge in [-0.05, 0) is 7.05 Å². The van der Waals surface area contributed by atoms with E-state index in [0.29, 0.717) is 6.54 Å². The van der Waals surface area contributed by atoms with Gasteiger partial charge in [0.15, 0.2) is 0 Å². The molecule has 2 heterocycles. The van der Waals surface area contributed by atoms with Crippen LogP contribution < -0.4 is 5.32 Å². The number of likely N-dealkylation sites (N-methyl/N-ethyl adjacent to an activating group) is 1. The van der Waals surface area contributed by atoms with E-state index in [1.54, 1.807) is 6.20 Å². The van der Waals surface area contributed by atoms with Crippen molar-refractivity contribution < 1.29 is 5.11 Å². The third-order valence-electron chi connectivity index (χ3n) is 3.53. The molecule has 1 aromatic heterocycles. The van der Waals surface area contributed by atoms with Crippen LogP contribution in [-0.4, -0.2) is 76.9 Å². The summed E-state index contributed by atoms with van der Waals surface area (Å²) in [6.45, 7) is 6.30. The van der Waals surface area contributed by atoms with Gasteiger partial charge in [0.1, 0.15) is 5.82 Å². The zero-order valence-electron chi connectivity index (χ0n) is 11.9. The summed E-state index contributed by atoms with van der Waals surface area (Å²) < 4.78 is 2.01. The molecule has 6 heteroatoms. The van der Waals surface area contributed by atoms with Gasteiger partial charge in [0.25, 0.3) is 0 Å². The van der Waals surface area contributed by atoms with Crippen molar-refractivity contribution in [2.75, 3.05) is 46.3 Å².